The summed E-state index contributed by atoms with van der Waals surface area (Å²) >= 11 is 0. The Bertz CT molecular complexity index is 445. The van der Waals surface area contributed by atoms with Crippen LogP contribution in [0.3, 0.4) is 0 Å². The summed E-state index contributed by atoms with van der Waals surface area (Å²) in [6.45, 7) is 11.0. The van der Waals surface area contributed by atoms with Gasteiger partial charge in [0.15, 0.2) is 0 Å². The van der Waals surface area contributed by atoms with Crippen LogP contribution in [-0.4, -0.2) is 74.0 Å². The molecule has 24 heavy (non-hydrogen) atoms. The Balaban J connectivity index is 4.09. The number of esters is 2. The molecule has 0 rings (SSSR count). The van der Waals surface area contributed by atoms with Crippen molar-refractivity contribution in [2.45, 2.75) is 13.8 Å². The zero-order valence-corrected chi connectivity index (χ0v) is 14.2. The first-order valence-corrected chi connectivity index (χ1v) is 7.35. The van der Waals surface area contributed by atoms with Gasteiger partial charge in [0.05, 0.1) is 13.1 Å². The maximum absolute atomic E-state index is 11.2. The van der Waals surface area contributed by atoms with E-state index in [0.29, 0.717) is 12.8 Å². The first-order chi connectivity index (χ1) is 11.3. The molecule has 0 saturated heterocycles. The normalized spacial score (nSPS) is 9.58. The van der Waals surface area contributed by atoms with Gasteiger partial charge in [0.1, 0.15) is 13.2 Å². The second-order valence-electron chi connectivity index (χ2n) is 5.12. The number of nitrogens with zero attached hydrogens (tertiary/aromatic N) is 2. The Hall–Kier alpha value is -2.64. The smallest absolute Gasteiger partial charge is 0.333 e. The Morgan fingerprint density at radius 3 is 1.38 bits per heavy atom. The van der Waals surface area contributed by atoms with Crippen LogP contribution in [0.2, 0.25) is 0 Å². The van der Waals surface area contributed by atoms with Crippen LogP contribution in [0.25, 0.3) is 0 Å². The number of carbonyl (C=O) groups is 4. The average Bonchev–Trinajstić information content (AvgIpc) is 2.55. The molecule has 0 aromatic rings. The molecule has 0 aliphatic heterocycles. The second-order valence-corrected chi connectivity index (χ2v) is 5.12. The zero-order valence-electron chi connectivity index (χ0n) is 14.2. The lowest BCUT2D eigenvalue weighted by molar-refractivity contribution is -0.141. The molecule has 134 valence electrons. The van der Waals surface area contributed by atoms with E-state index in [4.69, 9.17) is 9.47 Å². The number of ether oxygens (including phenoxy) is 2. The van der Waals surface area contributed by atoms with Crippen LogP contribution >= 0.6 is 0 Å². The monoisotopic (exact) mass is 340 g/mol. The minimum Gasteiger partial charge on any atom is -0.460 e. The third-order valence-electron chi connectivity index (χ3n) is 2.89. The summed E-state index contributed by atoms with van der Waals surface area (Å²) in [4.78, 5) is 47.1. The Morgan fingerprint density at radius 1 is 0.792 bits per heavy atom. The molecule has 8 heteroatoms. The lowest BCUT2D eigenvalue weighted by Gasteiger charge is -2.22. The molecule has 2 amide bonds. The standard InChI is InChI=1S/C16H24N2O6/c1-13(2)15(21)23-9-7-17(11-19)5-6-18(12-20)8-10-24-16(22)14(3)4/h11-12H,1,3,5-10H2,2,4H3. The van der Waals surface area contributed by atoms with Crippen molar-refractivity contribution >= 4 is 24.8 Å². The summed E-state index contributed by atoms with van der Waals surface area (Å²) in [5.41, 5.74) is 0.563. The van der Waals surface area contributed by atoms with Gasteiger partial charge in [-0.05, 0) is 13.8 Å². The number of hydrogen-bond acceptors (Lipinski definition) is 6. The first-order valence-electron chi connectivity index (χ1n) is 7.35. The topological polar surface area (TPSA) is 93.2 Å². The van der Waals surface area contributed by atoms with E-state index in [2.05, 4.69) is 13.2 Å². The van der Waals surface area contributed by atoms with Crippen LogP contribution in [0.15, 0.2) is 24.3 Å². The fraction of sp³-hybridized carbons (Fsp3) is 0.500. The summed E-state index contributed by atoms with van der Waals surface area (Å²) in [5, 5.41) is 0. The molecule has 0 aliphatic carbocycles. The van der Waals surface area contributed by atoms with E-state index in [9.17, 15) is 19.2 Å². The van der Waals surface area contributed by atoms with Crippen LogP contribution in [-0.2, 0) is 28.7 Å². The zero-order chi connectivity index (χ0) is 18.5. The molecular weight excluding hydrogens is 316 g/mol. The van der Waals surface area contributed by atoms with E-state index in [1.807, 2.05) is 0 Å². The van der Waals surface area contributed by atoms with Crippen molar-refractivity contribution in [3.05, 3.63) is 24.3 Å². The third kappa shape index (κ3) is 9.39. The summed E-state index contributed by atoms with van der Waals surface area (Å²) in [6.07, 6.45) is 1.22. The van der Waals surface area contributed by atoms with Gasteiger partial charge in [-0.1, -0.05) is 13.2 Å². The van der Waals surface area contributed by atoms with Crippen molar-refractivity contribution in [1.29, 1.82) is 0 Å². The van der Waals surface area contributed by atoms with Crippen molar-refractivity contribution in [2.24, 2.45) is 0 Å². The second kappa shape index (κ2) is 11.9. The van der Waals surface area contributed by atoms with Crippen LogP contribution in [0.4, 0.5) is 0 Å². The first kappa shape index (κ1) is 21.4. The molecule has 0 N–H and O–H groups in total. The number of amides is 2. The summed E-state index contributed by atoms with van der Waals surface area (Å²) in [7, 11) is 0. The lowest BCUT2D eigenvalue weighted by atomic mass is 10.4. The largest absolute Gasteiger partial charge is 0.460 e. The molecule has 0 unspecified atom stereocenters. The average molecular weight is 340 g/mol. The molecule has 0 aromatic heterocycles. The number of rotatable bonds is 13. The van der Waals surface area contributed by atoms with Crippen LogP contribution in [0.5, 0.6) is 0 Å². The van der Waals surface area contributed by atoms with Gasteiger partial charge in [-0.25, -0.2) is 9.59 Å². The van der Waals surface area contributed by atoms with Crippen molar-refractivity contribution in [1.82, 2.24) is 9.80 Å². The predicted molar refractivity (Wildman–Crippen MR) is 86.8 cm³/mol. The molecule has 0 spiro atoms. The highest BCUT2D eigenvalue weighted by Gasteiger charge is 2.09. The van der Waals surface area contributed by atoms with Gasteiger partial charge in [0.2, 0.25) is 12.8 Å². The molecular formula is C16H24N2O6. The van der Waals surface area contributed by atoms with E-state index < -0.39 is 11.9 Å². The van der Waals surface area contributed by atoms with Gasteiger partial charge < -0.3 is 19.3 Å². The fourth-order valence-electron chi connectivity index (χ4n) is 1.45. The highest BCUT2D eigenvalue weighted by Crippen LogP contribution is 1.95. The van der Waals surface area contributed by atoms with Crippen LogP contribution < -0.4 is 0 Å². The van der Waals surface area contributed by atoms with E-state index in [0.717, 1.165) is 0 Å². The molecule has 0 aromatic carbocycles. The molecule has 0 radical (unpaired) electrons. The quantitative estimate of drug-likeness (QED) is 0.269. The maximum Gasteiger partial charge on any atom is 0.333 e. The summed E-state index contributed by atoms with van der Waals surface area (Å²) in [6, 6.07) is 0. The molecule has 0 fully saturated rings. The summed E-state index contributed by atoms with van der Waals surface area (Å²) < 4.78 is 9.79. The van der Waals surface area contributed by atoms with Crippen molar-refractivity contribution in [3.8, 4) is 0 Å². The Kier molecular flexibility index (Phi) is 10.6. The van der Waals surface area contributed by atoms with Crippen molar-refractivity contribution in [3.63, 3.8) is 0 Å². The SMILES string of the molecule is C=C(C)C(=O)OCCN(C=O)CCN(C=O)CCOC(=O)C(=C)C. The van der Waals surface area contributed by atoms with Gasteiger partial charge in [0, 0.05) is 24.2 Å². The minimum absolute atomic E-state index is 0.0434. The van der Waals surface area contributed by atoms with Crippen molar-refractivity contribution in [2.75, 3.05) is 39.4 Å². The van der Waals surface area contributed by atoms with E-state index in [1.165, 1.54) is 23.6 Å². The van der Waals surface area contributed by atoms with Gasteiger partial charge in [0.25, 0.3) is 0 Å². The van der Waals surface area contributed by atoms with Crippen LogP contribution in [0.1, 0.15) is 13.8 Å². The predicted octanol–water partition coefficient (Wildman–Crippen LogP) is 0.142. The number of hydrogen-bond donors (Lipinski definition) is 0. The van der Waals surface area contributed by atoms with E-state index >= 15 is 0 Å². The van der Waals surface area contributed by atoms with Gasteiger partial charge in [-0.2, -0.15) is 0 Å². The molecule has 0 atom stereocenters. The molecule has 8 nitrogen and oxygen atoms in total. The maximum atomic E-state index is 11.2. The van der Waals surface area contributed by atoms with Gasteiger partial charge in [-0.15, -0.1) is 0 Å². The fourth-order valence-corrected chi connectivity index (χ4v) is 1.45. The molecule has 0 saturated carbocycles. The van der Waals surface area contributed by atoms with Crippen molar-refractivity contribution < 1.29 is 28.7 Å². The third-order valence-corrected chi connectivity index (χ3v) is 2.89. The van der Waals surface area contributed by atoms with Gasteiger partial charge >= 0.3 is 11.9 Å². The van der Waals surface area contributed by atoms with E-state index in [1.54, 1.807) is 0 Å². The summed E-state index contributed by atoms with van der Waals surface area (Å²) in [5.74, 6) is -1.04. The Morgan fingerprint density at radius 2 is 1.12 bits per heavy atom. The van der Waals surface area contributed by atoms with E-state index in [-0.39, 0.29) is 50.5 Å². The van der Waals surface area contributed by atoms with Crippen LogP contribution in [0, 0.1) is 0 Å². The lowest BCUT2D eigenvalue weighted by Crippen LogP contribution is -2.37. The number of carbonyl (C=O) groups excluding carboxylic acids is 4. The Labute approximate surface area is 141 Å². The molecule has 0 aliphatic rings. The minimum atomic E-state index is -0.519. The van der Waals surface area contributed by atoms with Gasteiger partial charge in [-0.3, -0.25) is 9.59 Å². The highest BCUT2D eigenvalue weighted by molar-refractivity contribution is 5.87. The molecule has 0 bridgehead atoms. The highest BCUT2D eigenvalue weighted by atomic mass is 16.5. The molecule has 0 heterocycles.